The summed E-state index contributed by atoms with van der Waals surface area (Å²) in [6.45, 7) is 3.09. The van der Waals surface area contributed by atoms with Crippen molar-refractivity contribution in [2.24, 2.45) is 0 Å². The molecule has 0 bridgehead atoms. The van der Waals surface area contributed by atoms with E-state index < -0.39 is 11.4 Å². The zero-order valence-electron chi connectivity index (χ0n) is 18.4. The summed E-state index contributed by atoms with van der Waals surface area (Å²) in [6, 6.07) is 11.3. The van der Waals surface area contributed by atoms with Crippen LogP contribution in [0.15, 0.2) is 59.7 Å². The largest absolute Gasteiger partial charge is 0.338 e. The molecular formula is C24H22ClFN6O2. The molecule has 174 valence electrons. The minimum Gasteiger partial charge on any atom is -0.338 e. The van der Waals surface area contributed by atoms with Crippen molar-refractivity contribution in [3.8, 4) is 11.4 Å². The number of rotatable bonds is 4. The molecular weight excluding hydrogens is 459 g/mol. The van der Waals surface area contributed by atoms with Gasteiger partial charge in [-0.2, -0.15) is 0 Å². The van der Waals surface area contributed by atoms with E-state index in [1.54, 1.807) is 36.5 Å². The van der Waals surface area contributed by atoms with E-state index in [1.165, 1.54) is 22.7 Å². The van der Waals surface area contributed by atoms with Crippen LogP contribution in [0.3, 0.4) is 0 Å². The highest BCUT2D eigenvalue weighted by Gasteiger charge is 2.22. The van der Waals surface area contributed by atoms with Crippen molar-refractivity contribution in [3.05, 3.63) is 81.6 Å². The Morgan fingerprint density at radius 3 is 2.56 bits per heavy atom. The fourth-order valence-corrected chi connectivity index (χ4v) is 4.30. The molecule has 0 aliphatic carbocycles. The van der Waals surface area contributed by atoms with Crippen LogP contribution in [-0.4, -0.2) is 63.3 Å². The number of H-pyrrole nitrogens is 1. The van der Waals surface area contributed by atoms with Crippen LogP contribution in [0.5, 0.6) is 0 Å². The van der Waals surface area contributed by atoms with E-state index in [0.717, 1.165) is 13.1 Å². The molecule has 3 heterocycles. The summed E-state index contributed by atoms with van der Waals surface area (Å²) in [4.78, 5) is 36.6. The molecule has 0 radical (unpaired) electrons. The van der Waals surface area contributed by atoms with Crippen LogP contribution in [0.25, 0.3) is 16.9 Å². The summed E-state index contributed by atoms with van der Waals surface area (Å²) in [5, 5.41) is 3.30. The number of nitrogens with zero attached hydrogens (tertiary/aromatic N) is 4. The SMILES string of the molecule is CN1CCN(C(=O)c2ccc(Nc3nc(-c4c(F)cccc4Cl)n4cc[nH]c(=O)c34)cc2)CC1. The fourth-order valence-electron chi connectivity index (χ4n) is 4.05. The highest BCUT2D eigenvalue weighted by molar-refractivity contribution is 6.33. The molecule has 8 nitrogen and oxygen atoms in total. The summed E-state index contributed by atoms with van der Waals surface area (Å²) >= 11 is 6.25. The summed E-state index contributed by atoms with van der Waals surface area (Å²) in [5.41, 5.74) is 1.14. The van der Waals surface area contributed by atoms with Crippen LogP contribution < -0.4 is 10.9 Å². The van der Waals surface area contributed by atoms with Gasteiger partial charge in [-0.05, 0) is 43.4 Å². The monoisotopic (exact) mass is 480 g/mol. The first kappa shape index (κ1) is 22.1. The Balaban J connectivity index is 1.47. The Hall–Kier alpha value is -3.69. The van der Waals surface area contributed by atoms with Crippen molar-refractivity contribution in [1.82, 2.24) is 24.2 Å². The Bertz CT molecular complexity index is 1400. The standard InChI is InChI=1S/C24H22ClFN6O2/c1-30-11-13-31(14-12-30)24(34)15-5-7-16(8-6-15)28-21-20-23(33)27-9-10-32(20)22(29-21)19-17(25)3-2-4-18(19)26/h2-10,28H,11-14H2,1H3,(H,27,33). The first-order chi connectivity index (χ1) is 16.4. The average molecular weight is 481 g/mol. The smallest absolute Gasteiger partial charge is 0.276 e. The Morgan fingerprint density at radius 1 is 1.12 bits per heavy atom. The van der Waals surface area contributed by atoms with E-state index in [0.29, 0.717) is 24.3 Å². The molecule has 1 amide bonds. The molecule has 2 N–H and O–H groups in total. The van der Waals surface area contributed by atoms with Gasteiger partial charge in [0.2, 0.25) is 0 Å². The van der Waals surface area contributed by atoms with Gasteiger partial charge < -0.3 is 20.1 Å². The second-order valence-corrected chi connectivity index (χ2v) is 8.59. The molecule has 2 aromatic carbocycles. The molecule has 1 saturated heterocycles. The first-order valence-electron chi connectivity index (χ1n) is 10.8. The van der Waals surface area contributed by atoms with Gasteiger partial charge in [-0.25, -0.2) is 9.37 Å². The summed E-state index contributed by atoms with van der Waals surface area (Å²) in [7, 11) is 2.04. The number of aromatic nitrogens is 3. The van der Waals surface area contributed by atoms with Gasteiger partial charge in [-0.15, -0.1) is 0 Å². The number of hydrogen-bond donors (Lipinski definition) is 2. The number of carbonyl (C=O) groups excluding carboxylic acids is 1. The van der Waals surface area contributed by atoms with Crippen molar-refractivity contribution >= 4 is 34.5 Å². The Labute approximate surface area is 199 Å². The molecule has 34 heavy (non-hydrogen) atoms. The maximum Gasteiger partial charge on any atom is 0.276 e. The second kappa shape index (κ2) is 8.92. The third-order valence-electron chi connectivity index (χ3n) is 5.94. The number of benzene rings is 2. The van der Waals surface area contributed by atoms with Crippen molar-refractivity contribution in [2.75, 3.05) is 38.5 Å². The van der Waals surface area contributed by atoms with E-state index >= 15 is 0 Å². The minimum atomic E-state index is -0.544. The third-order valence-corrected chi connectivity index (χ3v) is 6.25. The topological polar surface area (TPSA) is 85.7 Å². The first-order valence-corrected chi connectivity index (χ1v) is 11.2. The normalized spacial score (nSPS) is 14.5. The van der Waals surface area contributed by atoms with Gasteiger partial charge in [0.05, 0.1) is 10.6 Å². The van der Waals surface area contributed by atoms with Crippen LogP contribution in [0, 0.1) is 5.82 Å². The van der Waals surface area contributed by atoms with E-state index in [9.17, 15) is 14.0 Å². The number of amides is 1. The minimum absolute atomic E-state index is 0.0139. The number of fused-ring (bicyclic) bond motifs is 1. The number of imidazole rings is 1. The third kappa shape index (κ3) is 4.04. The number of piperazine rings is 1. The lowest BCUT2D eigenvalue weighted by Gasteiger charge is -2.32. The van der Waals surface area contributed by atoms with E-state index in [4.69, 9.17) is 11.6 Å². The quantitative estimate of drug-likeness (QED) is 0.466. The van der Waals surface area contributed by atoms with Crippen LogP contribution in [0.1, 0.15) is 10.4 Å². The van der Waals surface area contributed by atoms with Gasteiger partial charge in [0.25, 0.3) is 11.5 Å². The van der Waals surface area contributed by atoms with Gasteiger partial charge in [0.1, 0.15) is 5.82 Å². The Morgan fingerprint density at radius 2 is 1.85 bits per heavy atom. The maximum absolute atomic E-state index is 14.6. The molecule has 1 aliphatic heterocycles. The fraction of sp³-hybridized carbons (Fsp3) is 0.208. The van der Waals surface area contributed by atoms with Crippen molar-refractivity contribution in [1.29, 1.82) is 0 Å². The number of likely N-dealkylation sites (N-methyl/N-ethyl adjacent to an activating group) is 1. The molecule has 2 aromatic heterocycles. The van der Waals surface area contributed by atoms with E-state index in [2.05, 4.69) is 20.2 Å². The number of halogens is 2. The van der Waals surface area contributed by atoms with Crippen molar-refractivity contribution in [3.63, 3.8) is 0 Å². The Kier molecular flexibility index (Phi) is 5.80. The lowest BCUT2D eigenvalue weighted by molar-refractivity contribution is 0.0664. The predicted octanol–water partition coefficient (Wildman–Crippen LogP) is 3.61. The number of anilines is 2. The van der Waals surface area contributed by atoms with Gasteiger partial charge in [-0.3, -0.25) is 14.0 Å². The number of aromatic amines is 1. The average Bonchev–Trinajstić information content (AvgIpc) is 3.18. The molecule has 10 heteroatoms. The van der Waals surface area contributed by atoms with Crippen molar-refractivity contribution < 1.29 is 9.18 Å². The molecule has 1 fully saturated rings. The highest BCUT2D eigenvalue weighted by atomic mass is 35.5. The predicted molar refractivity (Wildman–Crippen MR) is 129 cm³/mol. The molecule has 4 aromatic rings. The zero-order valence-corrected chi connectivity index (χ0v) is 19.1. The van der Waals surface area contributed by atoms with E-state index in [-0.39, 0.29) is 33.7 Å². The van der Waals surface area contributed by atoms with Crippen LogP contribution in [-0.2, 0) is 0 Å². The maximum atomic E-state index is 14.6. The molecule has 0 unspecified atom stereocenters. The molecule has 5 rings (SSSR count). The molecule has 0 spiro atoms. The number of nitrogens with one attached hydrogen (secondary N) is 2. The lowest BCUT2D eigenvalue weighted by atomic mass is 10.1. The van der Waals surface area contributed by atoms with Crippen LogP contribution in [0.4, 0.5) is 15.9 Å². The van der Waals surface area contributed by atoms with Crippen LogP contribution >= 0.6 is 11.6 Å². The zero-order chi connectivity index (χ0) is 23.8. The van der Waals surface area contributed by atoms with Gasteiger partial charge in [-0.1, -0.05) is 17.7 Å². The summed E-state index contributed by atoms with van der Waals surface area (Å²) < 4.78 is 16.1. The lowest BCUT2D eigenvalue weighted by Crippen LogP contribution is -2.47. The second-order valence-electron chi connectivity index (χ2n) is 8.19. The van der Waals surface area contributed by atoms with E-state index in [1.807, 2.05) is 11.9 Å². The summed E-state index contributed by atoms with van der Waals surface area (Å²) in [5.74, 6) is -0.110. The van der Waals surface area contributed by atoms with Crippen LogP contribution in [0.2, 0.25) is 5.02 Å². The highest BCUT2D eigenvalue weighted by Crippen LogP contribution is 2.32. The van der Waals surface area contributed by atoms with Gasteiger partial charge in [0.15, 0.2) is 17.2 Å². The van der Waals surface area contributed by atoms with Gasteiger partial charge >= 0.3 is 0 Å². The molecule has 1 aliphatic rings. The van der Waals surface area contributed by atoms with Crippen molar-refractivity contribution in [2.45, 2.75) is 0 Å². The number of hydrogen-bond acceptors (Lipinski definition) is 5. The molecule has 0 saturated carbocycles. The number of carbonyl (C=O) groups is 1. The summed E-state index contributed by atoms with van der Waals surface area (Å²) in [6.07, 6.45) is 3.04. The molecule has 0 atom stereocenters. The van der Waals surface area contributed by atoms with Gasteiger partial charge in [0, 0.05) is 49.8 Å².